The molecule has 0 saturated heterocycles. The van der Waals surface area contributed by atoms with Crippen LogP contribution in [0.4, 0.5) is 4.39 Å². The molecule has 0 radical (unpaired) electrons. The number of hydrogen-bond acceptors (Lipinski definition) is 5. The smallest absolute Gasteiger partial charge is 0.353 e. The summed E-state index contributed by atoms with van der Waals surface area (Å²) in [7, 11) is -1.65. The van der Waals surface area contributed by atoms with Crippen LogP contribution in [0.3, 0.4) is 0 Å². The molecule has 118 valence electrons. The number of carboxylic acids is 1. The first-order valence-electron chi connectivity index (χ1n) is 5.77. The Balaban J connectivity index is 2.64. The molecule has 0 unspecified atom stereocenters. The van der Waals surface area contributed by atoms with Gasteiger partial charge in [-0.1, -0.05) is 0 Å². The van der Waals surface area contributed by atoms with Crippen LogP contribution in [0.5, 0.6) is 11.5 Å². The summed E-state index contributed by atoms with van der Waals surface area (Å²) >= 11 is 0. The Hall–Kier alpha value is -2.62. The largest absolute Gasteiger partial charge is 0.493 e. The maximum absolute atomic E-state index is 14.1. The summed E-state index contributed by atoms with van der Waals surface area (Å²) < 4.78 is 52.2. The molecule has 0 bridgehead atoms. The minimum absolute atomic E-state index is 0.101. The summed E-state index contributed by atoms with van der Waals surface area (Å²) in [4.78, 5) is 10.9. The fraction of sp³-hybridized carbons (Fsp3) is 0.167. The Bertz CT molecular complexity index is 800. The molecule has 10 heteroatoms. The van der Waals surface area contributed by atoms with Crippen LogP contribution in [0.15, 0.2) is 28.3 Å². The highest BCUT2D eigenvalue weighted by Crippen LogP contribution is 2.31. The van der Waals surface area contributed by atoms with Crippen LogP contribution in [0.1, 0.15) is 5.56 Å². The number of rotatable bonds is 4. The third-order valence-corrected chi connectivity index (χ3v) is 3.63. The third kappa shape index (κ3) is 3.01. The van der Waals surface area contributed by atoms with Crippen molar-refractivity contribution in [3.63, 3.8) is 0 Å². The number of halogens is 1. The Labute approximate surface area is 125 Å². The monoisotopic (exact) mass is 330 g/mol. The zero-order chi connectivity index (χ0) is 16.5. The van der Waals surface area contributed by atoms with Gasteiger partial charge in [0.1, 0.15) is 11.5 Å². The number of carboxylic acid groups (broad SMARTS) is 1. The van der Waals surface area contributed by atoms with Gasteiger partial charge in [0.05, 0.1) is 19.9 Å². The van der Waals surface area contributed by atoms with E-state index in [2.05, 4.69) is 4.40 Å². The number of carbonyl (C=O) groups is 1. The predicted octanol–water partition coefficient (Wildman–Crippen LogP) is 0.449. The van der Waals surface area contributed by atoms with E-state index in [1.807, 2.05) is 0 Å². The van der Waals surface area contributed by atoms with E-state index in [0.29, 0.717) is 0 Å². The highest BCUT2D eigenvalue weighted by atomic mass is 32.2. The van der Waals surface area contributed by atoms with Crippen LogP contribution in [0.2, 0.25) is 0 Å². The summed E-state index contributed by atoms with van der Waals surface area (Å²) in [5.74, 6) is -2.11. The van der Waals surface area contributed by atoms with Gasteiger partial charge in [0.15, 0.2) is 11.5 Å². The van der Waals surface area contributed by atoms with Crippen LogP contribution < -0.4 is 14.2 Å². The van der Waals surface area contributed by atoms with Crippen molar-refractivity contribution in [2.45, 2.75) is 0 Å². The average molecular weight is 330 g/mol. The van der Waals surface area contributed by atoms with E-state index in [4.69, 9.17) is 14.6 Å². The highest BCUT2D eigenvalue weighted by Gasteiger charge is 2.25. The molecule has 2 rings (SSSR count). The van der Waals surface area contributed by atoms with Gasteiger partial charge in [-0.05, 0) is 12.1 Å². The lowest BCUT2D eigenvalue weighted by Crippen LogP contribution is -2.31. The average Bonchev–Trinajstić information content (AvgIpc) is 2.44. The molecular weight excluding hydrogens is 319 g/mol. The summed E-state index contributed by atoms with van der Waals surface area (Å²) in [6.07, 6.45) is 0.910. The molecule has 0 fully saturated rings. The van der Waals surface area contributed by atoms with Gasteiger partial charge in [0, 0.05) is 11.6 Å². The van der Waals surface area contributed by atoms with Crippen LogP contribution in [0.25, 0.3) is 0 Å². The van der Waals surface area contributed by atoms with Crippen molar-refractivity contribution in [1.82, 2.24) is 4.72 Å². The van der Waals surface area contributed by atoms with Crippen molar-refractivity contribution in [2.75, 3.05) is 14.2 Å². The molecule has 1 aliphatic rings. The van der Waals surface area contributed by atoms with Crippen LogP contribution >= 0.6 is 0 Å². The normalized spacial score (nSPS) is 16.1. The molecule has 1 aromatic carbocycles. The molecule has 1 heterocycles. The second kappa shape index (κ2) is 5.64. The molecule has 1 aromatic rings. The van der Waals surface area contributed by atoms with E-state index in [9.17, 15) is 17.6 Å². The van der Waals surface area contributed by atoms with Crippen LogP contribution in [0, 0.1) is 5.82 Å². The number of allylic oxidation sites excluding steroid dienone is 1. The predicted molar refractivity (Wildman–Crippen MR) is 73.8 cm³/mol. The standard InChI is InChI=1S/C12H11FN2O6S/c1-20-10-3-6(7(13)4-11(10)21-2)8-5-9(12(16)17)15-22(18,19)14-8/h3-5,15H,1-2H3,(H,16,17). The lowest BCUT2D eigenvalue weighted by Gasteiger charge is -2.15. The fourth-order valence-electron chi connectivity index (χ4n) is 1.77. The van der Waals surface area contributed by atoms with Crippen LogP contribution in [-0.4, -0.2) is 39.4 Å². The molecule has 1 aliphatic heterocycles. The zero-order valence-electron chi connectivity index (χ0n) is 11.5. The maximum atomic E-state index is 14.1. The first kappa shape index (κ1) is 15.8. The van der Waals surface area contributed by atoms with Gasteiger partial charge in [-0.25, -0.2) is 9.18 Å². The quantitative estimate of drug-likeness (QED) is 0.828. The Morgan fingerprint density at radius 1 is 1.27 bits per heavy atom. The molecule has 0 amide bonds. The number of ether oxygens (including phenoxy) is 2. The van der Waals surface area contributed by atoms with Gasteiger partial charge >= 0.3 is 16.2 Å². The van der Waals surface area contributed by atoms with Crippen molar-refractivity contribution in [2.24, 2.45) is 4.40 Å². The first-order chi connectivity index (χ1) is 10.3. The van der Waals surface area contributed by atoms with E-state index in [0.717, 1.165) is 12.1 Å². The molecule has 0 saturated carbocycles. The Morgan fingerprint density at radius 2 is 1.86 bits per heavy atom. The number of methoxy groups -OCH3 is 2. The van der Waals surface area contributed by atoms with Crippen LogP contribution in [-0.2, 0) is 15.0 Å². The van der Waals surface area contributed by atoms with Gasteiger partial charge in [-0.15, -0.1) is 4.40 Å². The lowest BCUT2D eigenvalue weighted by atomic mass is 10.1. The maximum Gasteiger partial charge on any atom is 0.353 e. The van der Waals surface area contributed by atoms with Gasteiger partial charge in [0.2, 0.25) is 0 Å². The van der Waals surface area contributed by atoms with E-state index >= 15 is 0 Å². The molecule has 0 spiro atoms. The second-order valence-corrected chi connectivity index (χ2v) is 5.44. The molecular formula is C12H11FN2O6S. The minimum atomic E-state index is -4.28. The number of aliphatic carboxylic acids is 1. The number of nitrogens with one attached hydrogen (secondary N) is 1. The van der Waals surface area contributed by atoms with Gasteiger partial charge in [-0.2, -0.15) is 8.42 Å². The summed E-state index contributed by atoms with van der Waals surface area (Å²) in [5.41, 5.74) is -1.24. The van der Waals surface area contributed by atoms with Crippen molar-refractivity contribution in [1.29, 1.82) is 0 Å². The molecule has 0 aliphatic carbocycles. The highest BCUT2D eigenvalue weighted by molar-refractivity contribution is 7.88. The number of hydrogen-bond donors (Lipinski definition) is 2. The van der Waals surface area contributed by atoms with Gasteiger partial charge in [-0.3, -0.25) is 4.72 Å². The Kier molecular flexibility index (Phi) is 4.04. The van der Waals surface area contributed by atoms with Crippen molar-refractivity contribution in [3.05, 3.63) is 35.3 Å². The summed E-state index contributed by atoms with van der Waals surface area (Å²) in [5, 5.41) is 8.90. The SMILES string of the molecule is COc1cc(F)c(C2=NS(=O)(=O)NC(C(=O)O)=C2)cc1OC. The van der Waals surface area contributed by atoms with Crippen molar-refractivity contribution >= 4 is 21.9 Å². The first-order valence-corrected chi connectivity index (χ1v) is 7.21. The lowest BCUT2D eigenvalue weighted by molar-refractivity contribution is -0.132. The van der Waals surface area contributed by atoms with E-state index in [1.54, 1.807) is 4.72 Å². The topological polar surface area (TPSA) is 114 Å². The molecule has 0 atom stereocenters. The van der Waals surface area contributed by atoms with Gasteiger partial charge in [0.25, 0.3) is 0 Å². The summed E-state index contributed by atoms with van der Waals surface area (Å²) in [6, 6.07) is 2.16. The molecule has 8 nitrogen and oxygen atoms in total. The second-order valence-electron chi connectivity index (χ2n) is 4.10. The fourth-order valence-corrected chi connectivity index (χ4v) is 2.65. The molecule has 0 aromatic heterocycles. The zero-order valence-corrected chi connectivity index (χ0v) is 12.3. The number of nitrogens with zero attached hydrogens (tertiary/aromatic N) is 1. The van der Waals surface area contributed by atoms with E-state index in [1.165, 1.54) is 20.3 Å². The summed E-state index contributed by atoms with van der Waals surface area (Å²) in [6.45, 7) is 0. The number of benzene rings is 1. The van der Waals surface area contributed by atoms with Crippen molar-refractivity contribution in [3.8, 4) is 11.5 Å². The van der Waals surface area contributed by atoms with Crippen molar-refractivity contribution < 1.29 is 32.2 Å². The minimum Gasteiger partial charge on any atom is -0.493 e. The molecule has 22 heavy (non-hydrogen) atoms. The van der Waals surface area contributed by atoms with E-state index in [-0.39, 0.29) is 22.8 Å². The third-order valence-electron chi connectivity index (χ3n) is 2.72. The van der Waals surface area contributed by atoms with Gasteiger partial charge < -0.3 is 14.6 Å². The Morgan fingerprint density at radius 3 is 2.41 bits per heavy atom. The van der Waals surface area contributed by atoms with E-state index < -0.39 is 27.7 Å². The molecule has 2 N–H and O–H groups in total.